The fourth-order valence-electron chi connectivity index (χ4n) is 2.75. The van der Waals surface area contributed by atoms with Crippen molar-refractivity contribution in [3.05, 3.63) is 36.0 Å². The topological polar surface area (TPSA) is 42.1 Å². The lowest BCUT2D eigenvalue weighted by atomic mass is 9.80. The molecule has 3 nitrogen and oxygen atoms in total. The van der Waals surface area contributed by atoms with Crippen molar-refractivity contribution in [2.24, 2.45) is 11.7 Å². The fraction of sp³-hybridized carbons (Fsp3) is 0.438. The summed E-state index contributed by atoms with van der Waals surface area (Å²) in [4.78, 5) is 6.96. The van der Waals surface area contributed by atoms with Crippen LogP contribution in [0.3, 0.4) is 0 Å². The van der Waals surface area contributed by atoms with Crippen molar-refractivity contribution < 1.29 is 0 Å². The van der Waals surface area contributed by atoms with Crippen LogP contribution in [0.4, 0.5) is 5.69 Å². The van der Waals surface area contributed by atoms with Gasteiger partial charge in [0.1, 0.15) is 0 Å². The zero-order valence-corrected chi connectivity index (χ0v) is 11.9. The molecule has 0 amide bonds. The highest BCUT2D eigenvalue weighted by molar-refractivity contribution is 5.92. The molecule has 0 unspecified atom stereocenters. The van der Waals surface area contributed by atoms with E-state index in [-0.39, 0.29) is 5.54 Å². The standard InChI is InChI=1S/C16H21N3/c1-11(2)16(17)9-19(10-16)15-8-12(3)18-14-7-5-4-6-13(14)15/h4-8,11H,9-10,17H2,1-3H3. The first-order chi connectivity index (χ1) is 8.99. The first-order valence-electron chi connectivity index (χ1n) is 6.90. The Bertz CT molecular complexity index is 612. The van der Waals surface area contributed by atoms with E-state index in [1.54, 1.807) is 0 Å². The molecule has 2 N–H and O–H groups in total. The van der Waals surface area contributed by atoms with Crippen LogP contribution >= 0.6 is 0 Å². The molecule has 1 aromatic heterocycles. The van der Waals surface area contributed by atoms with E-state index in [1.807, 2.05) is 13.0 Å². The summed E-state index contributed by atoms with van der Waals surface area (Å²) in [7, 11) is 0. The number of nitrogens with two attached hydrogens (primary N) is 1. The molecule has 1 aromatic carbocycles. The van der Waals surface area contributed by atoms with E-state index >= 15 is 0 Å². The number of pyridine rings is 1. The Balaban J connectivity index is 1.99. The van der Waals surface area contributed by atoms with E-state index in [9.17, 15) is 0 Å². The summed E-state index contributed by atoms with van der Waals surface area (Å²) in [5.41, 5.74) is 9.75. The lowest BCUT2D eigenvalue weighted by Crippen LogP contribution is -2.70. The van der Waals surface area contributed by atoms with Gasteiger partial charge in [-0.25, -0.2) is 0 Å². The Morgan fingerprint density at radius 1 is 1.26 bits per heavy atom. The molecule has 19 heavy (non-hydrogen) atoms. The maximum atomic E-state index is 6.40. The predicted molar refractivity (Wildman–Crippen MR) is 80.4 cm³/mol. The maximum Gasteiger partial charge on any atom is 0.0726 e. The van der Waals surface area contributed by atoms with Gasteiger partial charge < -0.3 is 10.6 Å². The summed E-state index contributed by atoms with van der Waals surface area (Å²) in [5.74, 6) is 0.512. The van der Waals surface area contributed by atoms with Crippen molar-refractivity contribution in [3.8, 4) is 0 Å². The molecular formula is C16H21N3. The number of aryl methyl sites for hydroxylation is 1. The lowest BCUT2D eigenvalue weighted by Gasteiger charge is -2.52. The van der Waals surface area contributed by atoms with Gasteiger partial charge in [0.15, 0.2) is 0 Å². The third-order valence-corrected chi connectivity index (χ3v) is 4.28. The Labute approximate surface area is 114 Å². The third-order valence-electron chi connectivity index (χ3n) is 4.28. The van der Waals surface area contributed by atoms with Crippen LogP contribution in [0.25, 0.3) is 10.9 Å². The molecule has 100 valence electrons. The van der Waals surface area contributed by atoms with Crippen molar-refractivity contribution in [2.45, 2.75) is 26.3 Å². The SMILES string of the molecule is Cc1cc(N2CC(N)(C(C)C)C2)c2ccccc2n1. The minimum atomic E-state index is -0.0434. The van der Waals surface area contributed by atoms with Crippen LogP contribution in [0, 0.1) is 12.8 Å². The summed E-state index contributed by atoms with van der Waals surface area (Å²) in [5, 5.41) is 1.22. The van der Waals surface area contributed by atoms with Crippen molar-refractivity contribution in [1.29, 1.82) is 0 Å². The first kappa shape index (κ1) is 12.4. The van der Waals surface area contributed by atoms with E-state index in [1.165, 1.54) is 11.1 Å². The van der Waals surface area contributed by atoms with Gasteiger partial charge in [-0.3, -0.25) is 4.98 Å². The quantitative estimate of drug-likeness (QED) is 0.897. The lowest BCUT2D eigenvalue weighted by molar-refractivity contribution is 0.245. The molecule has 3 rings (SSSR count). The molecule has 2 heterocycles. The molecule has 1 saturated heterocycles. The van der Waals surface area contributed by atoms with Gasteiger partial charge in [-0.15, -0.1) is 0 Å². The highest BCUT2D eigenvalue weighted by Crippen LogP contribution is 2.35. The van der Waals surface area contributed by atoms with Crippen LogP contribution in [0.15, 0.2) is 30.3 Å². The van der Waals surface area contributed by atoms with Crippen LogP contribution in [0.1, 0.15) is 19.5 Å². The van der Waals surface area contributed by atoms with E-state index in [0.29, 0.717) is 5.92 Å². The maximum absolute atomic E-state index is 6.40. The summed E-state index contributed by atoms with van der Waals surface area (Å²) in [6.07, 6.45) is 0. The summed E-state index contributed by atoms with van der Waals surface area (Å²) < 4.78 is 0. The Morgan fingerprint density at radius 2 is 1.95 bits per heavy atom. The molecule has 3 heteroatoms. The van der Waals surface area contributed by atoms with Crippen molar-refractivity contribution in [1.82, 2.24) is 4.98 Å². The number of para-hydroxylation sites is 1. The van der Waals surface area contributed by atoms with E-state index in [0.717, 1.165) is 24.3 Å². The molecule has 0 aliphatic carbocycles. The monoisotopic (exact) mass is 255 g/mol. The zero-order chi connectivity index (χ0) is 13.6. The third kappa shape index (κ3) is 1.98. The number of aromatic nitrogens is 1. The molecule has 2 aromatic rings. The molecule has 0 bridgehead atoms. The Kier molecular flexibility index (Phi) is 2.75. The Morgan fingerprint density at radius 3 is 2.63 bits per heavy atom. The summed E-state index contributed by atoms with van der Waals surface area (Å²) in [6.45, 7) is 8.31. The van der Waals surface area contributed by atoms with Crippen LogP contribution in [-0.4, -0.2) is 23.6 Å². The van der Waals surface area contributed by atoms with Crippen LogP contribution in [-0.2, 0) is 0 Å². The largest absolute Gasteiger partial charge is 0.367 e. The highest BCUT2D eigenvalue weighted by Gasteiger charge is 2.42. The van der Waals surface area contributed by atoms with Gasteiger partial charge in [0.25, 0.3) is 0 Å². The van der Waals surface area contributed by atoms with Crippen molar-refractivity contribution in [2.75, 3.05) is 18.0 Å². The Hall–Kier alpha value is -1.61. The highest BCUT2D eigenvalue weighted by atomic mass is 15.3. The number of rotatable bonds is 2. The van der Waals surface area contributed by atoms with Crippen LogP contribution in [0.2, 0.25) is 0 Å². The van der Waals surface area contributed by atoms with Gasteiger partial charge in [0.05, 0.1) is 11.1 Å². The molecule has 0 spiro atoms. The molecule has 1 aliphatic rings. The number of fused-ring (bicyclic) bond motifs is 1. The van der Waals surface area contributed by atoms with Crippen LogP contribution < -0.4 is 10.6 Å². The van der Waals surface area contributed by atoms with E-state index in [4.69, 9.17) is 5.73 Å². The minimum Gasteiger partial charge on any atom is -0.367 e. The van der Waals surface area contributed by atoms with E-state index < -0.39 is 0 Å². The predicted octanol–water partition coefficient (Wildman–Crippen LogP) is 2.72. The average Bonchev–Trinajstić information content (AvgIpc) is 2.33. The van der Waals surface area contributed by atoms with Crippen molar-refractivity contribution in [3.63, 3.8) is 0 Å². The molecule has 0 radical (unpaired) electrons. The second-order valence-corrected chi connectivity index (χ2v) is 6.04. The molecular weight excluding hydrogens is 234 g/mol. The molecule has 1 fully saturated rings. The second-order valence-electron chi connectivity index (χ2n) is 6.04. The van der Waals surface area contributed by atoms with Gasteiger partial charge in [-0.05, 0) is 25.0 Å². The van der Waals surface area contributed by atoms with Gasteiger partial charge in [0, 0.05) is 29.9 Å². The van der Waals surface area contributed by atoms with Gasteiger partial charge >= 0.3 is 0 Å². The normalized spacial score (nSPS) is 17.8. The first-order valence-corrected chi connectivity index (χ1v) is 6.90. The number of anilines is 1. The minimum absolute atomic E-state index is 0.0434. The number of hydrogen-bond acceptors (Lipinski definition) is 3. The zero-order valence-electron chi connectivity index (χ0n) is 11.9. The number of hydrogen-bond donors (Lipinski definition) is 1. The second kappa shape index (κ2) is 4.20. The van der Waals surface area contributed by atoms with E-state index in [2.05, 4.69) is 48.0 Å². The smallest absolute Gasteiger partial charge is 0.0726 e. The fourth-order valence-corrected chi connectivity index (χ4v) is 2.75. The number of benzene rings is 1. The van der Waals surface area contributed by atoms with Crippen molar-refractivity contribution >= 4 is 16.6 Å². The average molecular weight is 255 g/mol. The van der Waals surface area contributed by atoms with Gasteiger partial charge in [-0.2, -0.15) is 0 Å². The molecule has 1 aliphatic heterocycles. The van der Waals surface area contributed by atoms with Gasteiger partial charge in [-0.1, -0.05) is 32.0 Å². The molecule has 0 saturated carbocycles. The molecule has 0 atom stereocenters. The van der Waals surface area contributed by atoms with Gasteiger partial charge in [0.2, 0.25) is 0 Å². The summed E-state index contributed by atoms with van der Waals surface area (Å²) >= 11 is 0. The van der Waals surface area contributed by atoms with Crippen LogP contribution in [0.5, 0.6) is 0 Å². The number of nitrogens with zero attached hydrogens (tertiary/aromatic N) is 2. The summed E-state index contributed by atoms with van der Waals surface area (Å²) in [6, 6.07) is 10.5.